The van der Waals surface area contributed by atoms with E-state index >= 15 is 0 Å². The lowest BCUT2D eigenvalue weighted by molar-refractivity contribution is 0.541. The monoisotopic (exact) mass is 267 g/mol. The largest absolute Gasteiger partial charge is 0.303 e. The molecule has 1 atom stereocenters. The third kappa shape index (κ3) is 2.53. The molecule has 3 aromatic heterocycles. The van der Waals surface area contributed by atoms with Crippen molar-refractivity contribution in [1.29, 1.82) is 0 Å². The maximum absolute atomic E-state index is 4.30. The number of pyridine rings is 2. The first-order valence-corrected chi connectivity index (χ1v) is 6.68. The molecule has 0 bridgehead atoms. The Kier molecular flexibility index (Phi) is 3.43. The van der Waals surface area contributed by atoms with E-state index < -0.39 is 0 Å². The van der Waals surface area contributed by atoms with Crippen LogP contribution in [-0.2, 0) is 6.54 Å². The predicted octanol–water partition coefficient (Wildman–Crippen LogP) is 2.28. The van der Waals surface area contributed by atoms with Crippen LogP contribution in [0.4, 0.5) is 0 Å². The van der Waals surface area contributed by atoms with Gasteiger partial charge in [0.25, 0.3) is 0 Å². The molecule has 20 heavy (non-hydrogen) atoms. The third-order valence-electron chi connectivity index (χ3n) is 3.31. The van der Waals surface area contributed by atoms with Gasteiger partial charge >= 0.3 is 0 Å². The van der Waals surface area contributed by atoms with Gasteiger partial charge in [-0.3, -0.25) is 9.38 Å². The number of hydrogen-bond donors (Lipinski definition) is 1. The first-order chi connectivity index (χ1) is 9.74. The number of rotatable bonds is 4. The van der Waals surface area contributed by atoms with Crippen LogP contribution in [0, 0.1) is 6.92 Å². The van der Waals surface area contributed by atoms with Gasteiger partial charge in [-0.1, -0.05) is 12.1 Å². The van der Waals surface area contributed by atoms with E-state index in [1.807, 2.05) is 48.0 Å². The number of aryl methyl sites for hydroxylation is 1. The fraction of sp³-hybridized carbons (Fsp3) is 0.267. The van der Waals surface area contributed by atoms with Crippen molar-refractivity contribution in [2.75, 3.05) is 0 Å². The van der Waals surface area contributed by atoms with E-state index in [-0.39, 0.29) is 6.04 Å². The second-order valence-electron chi connectivity index (χ2n) is 4.90. The highest BCUT2D eigenvalue weighted by Crippen LogP contribution is 2.12. The van der Waals surface area contributed by atoms with Crippen LogP contribution in [-0.4, -0.2) is 19.6 Å². The summed E-state index contributed by atoms with van der Waals surface area (Å²) >= 11 is 0. The second-order valence-corrected chi connectivity index (χ2v) is 4.90. The lowest BCUT2D eigenvalue weighted by atomic mass is 10.2. The van der Waals surface area contributed by atoms with E-state index in [1.165, 1.54) is 0 Å². The summed E-state index contributed by atoms with van der Waals surface area (Å²) in [6.07, 6.45) is 3.88. The van der Waals surface area contributed by atoms with Crippen LogP contribution in [0.1, 0.15) is 30.0 Å². The zero-order valence-corrected chi connectivity index (χ0v) is 11.6. The van der Waals surface area contributed by atoms with Crippen LogP contribution < -0.4 is 5.32 Å². The average Bonchev–Trinajstić information content (AvgIpc) is 2.90. The van der Waals surface area contributed by atoms with Gasteiger partial charge < -0.3 is 5.32 Å². The molecule has 0 aliphatic heterocycles. The molecular weight excluding hydrogens is 250 g/mol. The minimum atomic E-state index is 0.119. The second kappa shape index (κ2) is 5.38. The summed E-state index contributed by atoms with van der Waals surface area (Å²) in [6, 6.07) is 10.1. The minimum Gasteiger partial charge on any atom is -0.303 e. The molecule has 5 heteroatoms. The van der Waals surface area contributed by atoms with Crippen LogP contribution in [0.3, 0.4) is 0 Å². The molecule has 3 rings (SSSR count). The van der Waals surface area contributed by atoms with E-state index in [4.69, 9.17) is 0 Å². The average molecular weight is 267 g/mol. The smallest absolute Gasteiger partial charge is 0.160 e. The molecule has 102 valence electrons. The van der Waals surface area contributed by atoms with Crippen molar-refractivity contribution in [3.8, 4) is 0 Å². The Balaban J connectivity index is 1.73. The van der Waals surface area contributed by atoms with Gasteiger partial charge in [-0.15, -0.1) is 10.2 Å². The highest BCUT2D eigenvalue weighted by molar-refractivity contribution is 5.37. The van der Waals surface area contributed by atoms with Gasteiger partial charge in [-0.2, -0.15) is 0 Å². The van der Waals surface area contributed by atoms with E-state index in [9.17, 15) is 0 Å². The summed E-state index contributed by atoms with van der Waals surface area (Å²) in [6.45, 7) is 4.84. The van der Waals surface area contributed by atoms with Crippen molar-refractivity contribution in [3.05, 3.63) is 59.8 Å². The third-order valence-corrected chi connectivity index (χ3v) is 3.31. The summed E-state index contributed by atoms with van der Waals surface area (Å²) < 4.78 is 2.01. The standard InChI is InChI=1S/C15H17N5/c1-11-6-7-13(9-16-11)10-17-12(2)15-19-18-14-5-3-4-8-20(14)15/h3-9,12,17H,10H2,1-2H3. The Hall–Kier alpha value is -2.27. The molecule has 0 saturated heterocycles. The Morgan fingerprint density at radius 1 is 1.20 bits per heavy atom. The van der Waals surface area contributed by atoms with E-state index in [0.29, 0.717) is 0 Å². The number of aromatic nitrogens is 4. The molecule has 0 amide bonds. The summed E-state index contributed by atoms with van der Waals surface area (Å²) in [4.78, 5) is 4.30. The number of fused-ring (bicyclic) bond motifs is 1. The molecule has 0 fully saturated rings. The molecule has 0 aliphatic carbocycles. The quantitative estimate of drug-likeness (QED) is 0.788. The van der Waals surface area contributed by atoms with Gasteiger partial charge in [0.05, 0.1) is 6.04 Å². The van der Waals surface area contributed by atoms with Gasteiger partial charge in [0, 0.05) is 24.6 Å². The van der Waals surface area contributed by atoms with Crippen molar-refractivity contribution < 1.29 is 0 Å². The summed E-state index contributed by atoms with van der Waals surface area (Å²) in [5.41, 5.74) is 3.06. The van der Waals surface area contributed by atoms with Crippen LogP contribution in [0.25, 0.3) is 5.65 Å². The molecule has 0 spiro atoms. The maximum Gasteiger partial charge on any atom is 0.160 e. The minimum absolute atomic E-state index is 0.119. The van der Waals surface area contributed by atoms with Crippen LogP contribution in [0.15, 0.2) is 42.7 Å². The topological polar surface area (TPSA) is 55.1 Å². The fourth-order valence-electron chi connectivity index (χ4n) is 2.12. The highest BCUT2D eigenvalue weighted by atomic mass is 15.3. The first kappa shape index (κ1) is 12.7. The van der Waals surface area contributed by atoms with Gasteiger partial charge in [0.2, 0.25) is 0 Å². The number of nitrogens with zero attached hydrogens (tertiary/aromatic N) is 4. The zero-order chi connectivity index (χ0) is 13.9. The van der Waals surface area contributed by atoms with Crippen molar-refractivity contribution in [2.24, 2.45) is 0 Å². The number of hydrogen-bond acceptors (Lipinski definition) is 4. The lowest BCUT2D eigenvalue weighted by Crippen LogP contribution is -2.20. The molecular formula is C15H17N5. The van der Waals surface area contributed by atoms with E-state index in [2.05, 4.69) is 33.5 Å². The summed E-state index contributed by atoms with van der Waals surface area (Å²) in [5.74, 6) is 0.917. The Morgan fingerprint density at radius 2 is 2.10 bits per heavy atom. The fourth-order valence-corrected chi connectivity index (χ4v) is 2.12. The maximum atomic E-state index is 4.30. The molecule has 1 unspecified atom stereocenters. The Labute approximate surface area is 117 Å². The van der Waals surface area contributed by atoms with Crippen LogP contribution >= 0.6 is 0 Å². The summed E-state index contributed by atoms with van der Waals surface area (Å²) in [5, 5.41) is 11.9. The molecule has 0 aliphatic rings. The Morgan fingerprint density at radius 3 is 2.90 bits per heavy atom. The normalized spacial score (nSPS) is 12.7. The van der Waals surface area contributed by atoms with Gasteiger partial charge in [0.15, 0.2) is 11.5 Å². The highest BCUT2D eigenvalue weighted by Gasteiger charge is 2.12. The SMILES string of the molecule is Cc1ccc(CNC(C)c2nnc3ccccn23)cn1. The van der Waals surface area contributed by atoms with Crippen LogP contribution in [0.2, 0.25) is 0 Å². The molecule has 3 heterocycles. The molecule has 1 N–H and O–H groups in total. The van der Waals surface area contributed by atoms with Gasteiger partial charge in [0.1, 0.15) is 0 Å². The van der Waals surface area contributed by atoms with E-state index in [1.54, 1.807) is 0 Å². The first-order valence-electron chi connectivity index (χ1n) is 6.68. The van der Waals surface area contributed by atoms with Gasteiger partial charge in [-0.05, 0) is 37.6 Å². The molecule has 3 aromatic rings. The van der Waals surface area contributed by atoms with Crippen molar-refractivity contribution in [1.82, 2.24) is 24.9 Å². The zero-order valence-electron chi connectivity index (χ0n) is 11.6. The molecule has 0 saturated carbocycles. The number of nitrogens with one attached hydrogen (secondary N) is 1. The molecule has 0 aromatic carbocycles. The lowest BCUT2D eigenvalue weighted by Gasteiger charge is -2.12. The summed E-state index contributed by atoms with van der Waals surface area (Å²) in [7, 11) is 0. The Bertz CT molecular complexity index is 702. The molecule has 5 nitrogen and oxygen atoms in total. The van der Waals surface area contributed by atoms with Crippen molar-refractivity contribution in [3.63, 3.8) is 0 Å². The van der Waals surface area contributed by atoms with Crippen molar-refractivity contribution in [2.45, 2.75) is 26.4 Å². The van der Waals surface area contributed by atoms with Crippen LogP contribution in [0.5, 0.6) is 0 Å². The predicted molar refractivity (Wildman–Crippen MR) is 77.2 cm³/mol. The molecule has 0 radical (unpaired) electrons. The van der Waals surface area contributed by atoms with Crippen molar-refractivity contribution >= 4 is 5.65 Å². The van der Waals surface area contributed by atoms with Gasteiger partial charge in [-0.25, -0.2) is 0 Å². The van der Waals surface area contributed by atoms with E-state index in [0.717, 1.165) is 29.3 Å².